The third-order valence-electron chi connectivity index (χ3n) is 4.95. The van der Waals surface area contributed by atoms with Crippen LogP contribution in [0.2, 0.25) is 0 Å². The molecule has 0 aliphatic heterocycles. The van der Waals surface area contributed by atoms with Crippen LogP contribution in [0.15, 0.2) is 72.9 Å². The van der Waals surface area contributed by atoms with Gasteiger partial charge in [-0.05, 0) is 56.2 Å². The summed E-state index contributed by atoms with van der Waals surface area (Å²) in [7, 11) is 0. The maximum absolute atomic E-state index is 5.79. The largest absolute Gasteiger partial charge is 0.399 e. The average Bonchev–Trinajstić information content (AvgIpc) is 2.60. The molecule has 0 amide bonds. The lowest BCUT2D eigenvalue weighted by atomic mass is 9.96. The highest BCUT2D eigenvalue weighted by atomic mass is 15.5. The third-order valence-corrected chi connectivity index (χ3v) is 4.95. The first kappa shape index (κ1) is 23.9. The Morgan fingerprint density at radius 3 is 1.71 bits per heavy atom. The molecule has 1 aromatic rings. The highest BCUT2D eigenvalue weighted by Crippen LogP contribution is 2.20. The van der Waals surface area contributed by atoms with Crippen LogP contribution in [0.5, 0.6) is 0 Å². The van der Waals surface area contributed by atoms with E-state index in [-0.39, 0.29) is 0 Å². The Hall–Kier alpha value is -2.10. The van der Waals surface area contributed by atoms with Crippen molar-refractivity contribution in [3.63, 3.8) is 0 Å². The molecule has 0 radical (unpaired) electrons. The lowest BCUT2D eigenvalue weighted by Gasteiger charge is -2.30. The Balaban J connectivity index is 2.72. The maximum atomic E-state index is 5.79. The van der Waals surface area contributed by atoms with Gasteiger partial charge in [0, 0.05) is 25.3 Å². The summed E-state index contributed by atoms with van der Waals surface area (Å²) in [5.41, 5.74) is 15.8. The van der Waals surface area contributed by atoms with Crippen LogP contribution in [0.3, 0.4) is 0 Å². The SMILES string of the molecule is C=C(C)C(=C)CC(C)CN(CC(C)CC(=C)C(=C)C)NCc1ccc(N)cc1. The van der Waals surface area contributed by atoms with Gasteiger partial charge in [-0.1, -0.05) is 74.6 Å². The monoisotopic (exact) mass is 381 g/mol. The van der Waals surface area contributed by atoms with E-state index < -0.39 is 0 Å². The molecule has 154 valence electrons. The van der Waals surface area contributed by atoms with Gasteiger partial charge in [-0.3, -0.25) is 5.43 Å². The zero-order valence-electron chi connectivity index (χ0n) is 18.4. The number of hydrogen-bond acceptors (Lipinski definition) is 3. The molecule has 3 nitrogen and oxygen atoms in total. The molecule has 1 aromatic carbocycles. The molecule has 0 spiro atoms. The van der Waals surface area contributed by atoms with Crippen molar-refractivity contribution in [1.29, 1.82) is 0 Å². The van der Waals surface area contributed by atoms with Crippen LogP contribution in [0, 0.1) is 11.8 Å². The summed E-state index contributed by atoms with van der Waals surface area (Å²) < 4.78 is 0. The zero-order valence-corrected chi connectivity index (χ0v) is 18.4. The number of anilines is 1. The van der Waals surface area contributed by atoms with E-state index in [2.05, 4.69) is 62.7 Å². The van der Waals surface area contributed by atoms with Gasteiger partial charge < -0.3 is 5.73 Å². The van der Waals surface area contributed by atoms with E-state index in [9.17, 15) is 0 Å². The second kappa shape index (κ2) is 11.7. The summed E-state index contributed by atoms with van der Waals surface area (Å²) >= 11 is 0. The molecule has 0 saturated heterocycles. The van der Waals surface area contributed by atoms with E-state index in [1.807, 2.05) is 26.0 Å². The number of hydrazine groups is 1. The number of hydrogen-bond donors (Lipinski definition) is 2. The van der Waals surface area contributed by atoms with Gasteiger partial charge in [0.2, 0.25) is 0 Å². The molecule has 3 N–H and O–H groups in total. The standard InChI is InChI=1S/C25H39N3/c1-18(2)22(7)13-20(5)16-28(17-21(6)14-23(8)19(3)4)27-15-24-9-11-25(26)12-10-24/h9-12,20-21,27H,1,3,7-8,13-17,26H2,2,4-6H3. The second-order valence-corrected chi connectivity index (χ2v) is 8.37. The van der Waals surface area contributed by atoms with Crippen molar-refractivity contribution in [3.8, 4) is 0 Å². The van der Waals surface area contributed by atoms with E-state index in [0.717, 1.165) is 60.5 Å². The molecule has 0 heterocycles. The fourth-order valence-corrected chi connectivity index (χ4v) is 3.11. The Morgan fingerprint density at radius 1 is 0.893 bits per heavy atom. The first-order chi connectivity index (χ1) is 13.1. The second-order valence-electron chi connectivity index (χ2n) is 8.37. The van der Waals surface area contributed by atoms with Crippen LogP contribution in [-0.4, -0.2) is 18.1 Å². The third kappa shape index (κ3) is 9.20. The van der Waals surface area contributed by atoms with Gasteiger partial charge in [0.25, 0.3) is 0 Å². The number of nitrogens with zero attached hydrogens (tertiary/aromatic N) is 1. The predicted molar refractivity (Wildman–Crippen MR) is 125 cm³/mol. The highest BCUT2D eigenvalue weighted by Gasteiger charge is 2.15. The number of nitrogens with two attached hydrogens (primary N) is 1. The summed E-state index contributed by atoms with van der Waals surface area (Å²) in [6.45, 7) is 27.6. The van der Waals surface area contributed by atoms with Crippen LogP contribution in [0.4, 0.5) is 5.69 Å². The molecular weight excluding hydrogens is 342 g/mol. The van der Waals surface area contributed by atoms with E-state index in [4.69, 9.17) is 5.73 Å². The number of nitrogens with one attached hydrogen (secondary N) is 1. The summed E-state index contributed by atoms with van der Waals surface area (Å²) in [5, 5.41) is 2.34. The molecule has 0 bridgehead atoms. The summed E-state index contributed by atoms with van der Waals surface area (Å²) in [6, 6.07) is 8.03. The number of benzene rings is 1. The van der Waals surface area contributed by atoms with E-state index in [1.165, 1.54) is 5.56 Å². The molecule has 2 atom stereocenters. The van der Waals surface area contributed by atoms with Crippen molar-refractivity contribution in [2.75, 3.05) is 18.8 Å². The minimum atomic E-state index is 0.486. The minimum absolute atomic E-state index is 0.486. The molecule has 0 saturated carbocycles. The van der Waals surface area contributed by atoms with Gasteiger partial charge in [0.05, 0.1) is 0 Å². The van der Waals surface area contributed by atoms with Gasteiger partial charge >= 0.3 is 0 Å². The van der Waals surface area contributed by atoms with Gasteiger partial charge in [0.1, 0.15) is 0 Å². The van der Waals surface area contributed by atoms with Crippen molar-refractivity contribution in [3.05, 3.63) is 78.4 Å². The van der Waals surface area contributed by atoms with Gasteiger partial charge in [-0.15, -0.1) is 0 Å². The number of rotatable bonds is 13. The zero-order chi connectivity index (χ0) is 21.3. The molecule has 0 fully saturated rings. The normalized spacial score (nSPS) is 13.2. The topological polar surface area (TPSA) is 41.3 Å². The highest BCUT2D eigenvalue weighted by molar-refractivity contribution is 5.39. The molecule has 2 unspecified atom stereocenters. The molecule has 1 rings (SSSR count). The van der Waals surface area contributed by atoms with Gasteiger partial charge in [-0.2, -0.15) is 0 Å². The maximum Gasteiger partial charge on any atom is 0.0353 e. The average molecular weight is 382 g/mol. The quantitative estimate of drug-likeness (QED) is 0.254. The van der Waals surface area contributed by atoms with Crippen molar-refractivity contribution in [2.24, 2.45) is 11.8 Å². The summed E-state index contributed by atoms with van der Waals surface area (Å²) in [4.78, 5) is 0. The van der Waals surface area contributed by atoms with Crippen LogP contribution in [0.1, 0.15) is 46.1 Å². The Kier molecular flexibility index (Phi) is 9.98. The molecule has 0 aromatic heterocycles. The minimum Gasteiger partial charge on any atom is -0.399 e. The summed E-state index contributed by atoms with van der Waals surface area (Å²) in [6.07, 6.45) is 1.92. The van der Waals surface area contributed by atoms with E-state index >= 15 is 0 Å². The van der Waals surface area contributed by atoms with Crippen LogP contribution < -0.4 is 11.2 Å². The lowest BCUT2D eigenvalue weighted by molar-refractivity contribution is 0.136. The fourth-order valence-electron chi connectivity index (χ4n) is 3.11. The van der Waals surface area contributed by atoms with Gasteiger partial charge in [-0.25, -0.2) is 5.01 Å². The van der Waals surface area contributed by atoms with E-state index in [0.29, 0.717) is 11.8 Å². The Morgan fingerprint density at radius 2 is 1.32 bits per heavy atom. The Bertz CT molecular complexity index is 648. The Labute approximate surface area is 172 Å². The van der Waals surface area contributed by atoms with Crippen LogP contribution in [-0.2, 0) is 6.54 Å². The molecule has 3 heteroatoms. The first-order valence-electron chi connectivity index (χ1n) is 10.1. The summed E-state index contributed by atoms with van der Waals surface area (Å²) in [5.74, 6) is 0.972. The van der Waals surface area contributed by atoms with Crippen LogP contribution >= 0.6 is 0 Å². The smallest absolute Gasteiger partial charge is 0.0353 e. The van der Waals surface area contributed by atoms with Crippen molar-refractivity contribution < 1.29 is 0 Å². The molecular formula is C25H39N3. The van der Waals surface area contributed by atoms with E-state index in [1.54, 1.807) is 0 Å². The first-order valence-corrected chi connectivity index (χ1v) is 10.1. The fraction of sp³-hybridized carbons (Fsp3) is 0.440. The molecule has 0 aliphatic carbocycles. The molecule has 0 aliphatic rings. The number of allylic oxidation sites excluding steroid dienone is 4. The van der Waals surface area contributed by atoms with Crippen molar-refractivity contribution in [1.82, 2.24) is 10.4 Å². The number of nitrogen functional groups attached to an aromatic ring is 1. The predicted octanol–water partition coefficient (Wildman–Crippen LogP) is 5.89. The van der Waals surface area contributed by atoms with Crippen LogP contribution in [0.25, 0.3) is 0 Å². The van der Waals surface area contributed by atoms with Crippen molar-refractivity contribution >= 4 is 5.69 Å². The molecule has 28 heavy (non-hydrogen) atoms. The van der Waals surface area contributed by atoms with Gasteiger partial charge in [0.15, 0.2) is 0 Å². The lowest BCUT2D eigenvalue weighted by Crippen LogP contribution is -2.43. The van der Waals surface area contributed by atoms with Crippen molar-refractivity contribution in [2.45, 2.75) is 47.1 Å².